The molecule has 0 bridgehead atoms. The molecule has 13 heteroatoms. The van der Waals surface area contributed by atoms with Crippen molar-refractivity contribution in [3.05, 3.63) is 0 Å². The largest absolute Gasteiger partial charge is 0.444 e. The summed E-state index contributed by atoms with van der Waals surface area (Å²) in [5, 5.41) is 5.77. The van der Waals surface area contributed by atoms with Crippen molar-refractivity contribution in [1.82, 2.24) is 25.3 Å². The standard InChI is InChI=1S/C26H44ClN5O7/c1-25(2,3)38-23(36)30-11-7-18(8-12-30)28-20(33)16-32(22(35)15-27)17-21(34)29-19-9-13-31(14-10-19)24(37)39-26(4,5)6/h18-19H,7-17H2,1-6H3,(H,28,33)(H,29,34). The van der Waals surface area contributed by atoms with Crippen LogP contribution in [0.25, 0.3) is 0 Å². The van der Waals surface area contributed by atoms with Crippen molar-refractivity contribution in [1.29, 1.82) is 0 Å². The first-order valence-corrected chi connectivity index (χ1v) is 14.0. The highest BCUT2D eigenvalue weighted by molar-refractivity contribution is 6.27. The third-order valence-electron chi connectivity index (χ3n) is 6.16. The number of nitrogens with zero attached hydrogens (tertiary/aromatic N) is 3. The number of hydrogen-bond donors (Lipinski definition) is 2. The van der Waals surface area contributed by atoms with E-state index in [0.717, 1.165) is 4.90 Å². The Morgan fingerprint density at radius 1 is 0.718 bits per heavy atom. The summed E-state index contributed by atoms with van der Waals surface area (Å²) in [6.07, 6.45) is 1.45. The van der Waals surface area contributed by atoms with Crippen LogP contribution in [0.1, 0.15) is 67.2 Å². The van der Waals surface area contributed by atoms with Crippen molar-refractivity contribution < 1.29 is 33.4 Å². The second-order valence-electron chi connectivity index (χ2n) is 12.0. The highest BCUT2D eigenvalue weighted by atomic mass is 35.5. The van der Waals surface area contributed by atoms with Crippen LogP contribution < -0.4 is 10.6 Å². The molecule has 39 heavy (non-hydrogen) atoms. The second kappa shape index (κ2) is 14.0. The van der Waals surface area contributed by atoms with Gasteiger partial charge in [0.15, 0.2) is 0 Å². The molecule has 2 saturated heterocycles. The number of amides is 5. The van der Waals surface area contributed by atoms with Gasteiger partial charge in [0.05, 0.1) is 0 Å². The summed E-state index contributed by atoms with van der Waals surface area (Å²) in [7, 11) is 0. The lowest BCUT2D eigenvalue weighted by molar-refractivity contribution is -0.138. The highest BCUT2D eigenvalue weighted by Crippen LogP contribution is 2.17. The van der Waals surface area contributed by atoms with Gasteiger partial charge in [0.25, 0.3) is 0 Å². The minimum absolute atomic E-state index is 0.159. The van der Waals surface area contributed by atoms with Gasteiger partial charge in [-0.05, 0) is 67.2 Å². The van der Waals surface area contributed by atoms with Gasteiger partial charge >= 0.3 is 12.2 Å². The molecule has 222 valence electrons. The first-order valence-electron chi connectivity index (χ1n) is 13.4. The van der Waals surface area contributed by atoms with Gasteiger partial charge in [0.1, 0.15) is 30.2 Å². The lowest BCUT2D eigenvalue weighted by Crippen LogP contribution is -2.52. The Hall–Kier alpha value is -2.76. The molecule has 0 aromatic rings. The molecule has 0 unspecified atom stereocenters. The van der Waals surface area contributed by atoms with Gasteiger partial charge in [0.2, 0.25) is 17.7 Å². The molecule has 2 aliphatic heterocycles. The zero-order valence-corrected chi connectivity index (χ0v) is 24.8. The monoisotopic (exact) mass is 573 g/mol. The maximum atomic E-state index is 12.7. The summed E-state index contributed by atoms with van der Waals surface area (Å²) in [4.78, 5) is 66.5. The smallest absolute Gasteiger partial charge is 0.410 e. The number of ether oxygens (including phenoxy) is 2. The lowest BCUT2D eigenvalue weighted by atomic mass is 10.1. The fraction of sp³-hybridized carbons (Fsp3) is 0.808. The fourth-order valence-electron chi connectivity index (χ4n) is 4.28. The predicted molar refractivity (Wildman–Crippen MR) is 145 cm³/mol. The number of halogens is 1. The van der Waals surface area contributed by atoms with Crippen LogP contribution in [-0.4, -0.2) is 113 Å². The zero-order chi connectivity index (χ0) is 29.4. The third kappa shape index (κ3) is 11.9. The molecule has 0 aliphatic carbocycles. The number of nitrogens with one attached hydrogen (secondary N) is 2. The quantitative estimate of drug-likeness (QED) is 0.445. The minimum Gasteiger partial charge on any atom is -0.444 e. The van der Waals surface area contributed by atoms with Gasteiger partial charge in [-0.25, -0.2) is 9.59 Å². The number of rotatable bonds is 7. The molecule has 0 radical (unpaired) electrons. The predicted octanol–water partition coefficient (Wildman–Crippen LogP) is 2.09. The van der Waals surface area contributed by atoms with Crippen molar-refractivity contribution in [3.63, 3.8) is 0 Å². The average Bonchev–Trinajstić information content (AvgIpc) is 2.81. The topological polar surface area (TPSA) is 138 Å². The molecule has 0 saturated carbocycles. The van der Waals surface area contributed by atoms with E-state index in [2.05, 4.69) is 10.6 Å². The number of carbonyl (C=O) groups excluding carboxylic acids is 5. The van der Waals surface area contributed by atoms with Gasteiger partial charge in [0, 0.05) is 38.3 Å². The SMILES string of the molecule is CC(C)(C)OC(=O)N1CCC(NC(=O)CN(CC(=O)NC2CCN(C(=O)OC(C)(C)C)CC2)C(=O)CCl)CC1. The van der Waals surface area contributed by atoms with E-state index in [0.29, 0.717) is 51.9 Å². The molecular formula is C26H44ClN5O7. The van der Waals surface area contributed by atoms with Crippen LogP contribution >= 0.6 is 11.6 Å². The first-order chi connectivity index (χ1) is 18.1. The van der Waals surface area contributed by atoms with Gasteiger partial charge in [-0.3, -0.25) is 14.4 Å². The van der Waals surface area contributed by atoms with Crippen LogP contribution in [0, 0.1) is 0 Å². The normalized spacial score (nSPS) is 17.3. The maximum Gasteiger partial charge on any atom is 0.410 e. The van der Waals surface area contributed by atoms with E-state index in [4.69, 9.17) is 21.1 Å². The summed E-state index contributed by atoms with van der Waals surface area (Å²) in [5.74, 6) is -1.69. The Morgan fingerprint density at radius 2 is 1.05 bits per heavy atom. The van der Waals surface area contributed by atoms with Crippen molar-refractivity contribution in [2.75, 3.05) is 45.1 Å². The van der Waals surface area contributed by atoms with Crippen LogP contribution in [0.2, 0.25) is 0 Å². The van der Waals surface area contributed by atoms with Crippen molar-refractivity contribution in [2.45, 2.75) is 90.5 Å². The zero-order valence-electron chi connectivity index (χ0n) is 24.0. The minimum atomic E-state index is -0.579. The molecule has 2 N–H and O–H groups in total. The van der Waals surface area contributed by atoms with Crippen molar-refractivity contribution in [2.24, 2.45) is 0 Å². The van der Waals surface area contributed by atoms with Gasteiger partial charge in [-0.2, -0.15) is 0 Å². The molecule has 0 aromatic carbocycles. The number of hydrogen-bond acceptors (Lipinski definition) is 7. The van der Waals surface area contributed by atoms with E-state index in [-0.39, 0.29) is 43.2 Å². The fourth-order valence-corrected chi connectivity index (χ4v) is 4.44. The Labute approximate surface area is 236 Å². The van der Waals surface area contributed by atoms with E-state index >= 15 is 0 Å². The van der Waals surface area contributed by atoms with Crippen LogP contribution in [-0.2, 0) is 23.9 Å². The molecule has 2 fully saturated rings. The molecule has 0 spiro atoms. The van der Waals surface area contributed by atoms with Crippen LogP contribution in [0.4, 0.5) is 9.59 Å². The van der Waals surface area contributed by atoms with E-state index in [1.54, 1.807) is 51.3 Å². The second-order valence-corrected chi connectivity index (χ2v) is 12.3. The van der Waals surface area contributed by atoms with E-state index in [1.807, 2.05) is 0 Å². The molecule has 2 aliphatic rings. The number of likely N-dealkylation sites (tertiary alicyclic amines) is 2. The van der Waals surface area contributed by atoms with Crippen molar-refractivity contribution in [3.8, 4) is 0 Å². The Balaban J connectivity index is 1.78. The van der Waals surface area contributed by atoms with Crippen molar-refractivity contribution >= 4 is 41.5 Å². The van der Waals surface area contributed by atoms with E-state index in [1.165, 1.54) is 0 Å². The molecule has 0 aromatic heterocycles. The Bertz CT molecular complexity index is 822. The maximum absolute atomic E-state index is 12.7. The van der Waals surface area contributed by atoms with Crippen LogP contribution in [0.15, 0.2) is 0 Å². The average molecular weight is 574 g/mol. The van der Waals surface area contributed by atoms with E-state index in [9.17, 15) is 24.0 Å². The van der Waals surface area contributed by atoms with Crippen LogP contribution in [0.3, 0.4) is 0 Å². The summed E-state index contributed by atoms with van der Waals surface area (Å²) in [5.41, 5.74) is -1.16. The Kier molecular flexibility index (Phi) is 11.7. The summed E-state index contributed by atoms with van der Waals surface area (Å²) >= 11 is 5.73. The first kappa shape index (κ1) is 32.5. The van der Waals surface area contributed by atoms with Gasteiger partial charge in [-0.1, -0.05) is 0 Å². The summed E-state index contributed by atoms with van der Waals surface area (Å²) < 4.78 is 10.8. The number of carbonyl (C=O) groups is 5. The third-order valence-corrected chi connectivity index (χ3v) is 6.39. The molecule has 2 heterocycles. The number of piperidine rings is 2. The number of alkyl halides is 1. The highest BCUT2D eigenvalue weighted by Gasteiger charge is 2.30. The molecule has 2 rings (SSSR count). The summed E-state index contributed by atoms with van der Waals surface area (Å²) in [6.45, 7) is 12.0. The Morgan fingerprint density at radius 3 is 1.33 bits per heavy atom. The lowest BCUT2D eigenvalue weighted by Gasteiger charge is -2.34. The van der Waals surface area contributed by atoms with Crippen LogP contribution in [0.5, 0.6) is 0 Å². The summed E-state index contributed by atoms with van der Waals surface area (Å²) in [6, 6.07) is -0.318. The van der Waals surface area contributed by atoms with Gasteiger partial charge in [-0.15, -0.1) is 11.6 Å². The molecule has 12 nitrogen and oxygen atoms in total. The van der Waals surface area contributed by atoms with Gasteiger partial charge < -0.3 is 34.8 Å². The molecule has 0 atom stereocenters. The molecular weight excluding hydrogens is 530 g/mol. The van der Waals surface area contributed by atoms with E-state index < -0.39 is 28.9 Å². The molecule has 5 amide bonds.